The number of nitrogens with zero attached hydrogens (tertiary/aromatic N) is 2. The van der Waals surface area contributed by atoms with Crippen LogP contribution in [-0.4, -0.2) is 37.5 Å². The Balaban J connectivity index is 1.98. The van der Waals surface area contributed by atoms with Gasteiger partial charge in [0.15, 0.2) is 6.61 Å². The van der Waals surface area contributed by atoms with E-state index < -0.39 is 23.4 Å². The van der Waals surface area contributed by atoms with Gasteiger partial charge < -0.3 is 15.0 Å². The molecule has 27 heavy (non-hydrogen) atoms. The first-order chi connectivity index (χ1) is 12.8. The molecule has 0 unspecified atom stereocenters. The lowest BCUT2D eigenvalue weighted by Gasteiger charge is -2.15. The maximum atomic E-state index is 12.1. The summed E-state index contributed by atoms with van der Waals surface area (Å²) in [6.07, 6.45) is 0. The van der Waals surface area contributed by atoms with Crippen LogP contribution in [0.4, 0.5) is 11.4 Å². The monoisotopic (exact) mass is 371 g/mol. The van der Waals surface area contributed by atoms with Gasteiger partial charge in [-0.25, -0.2) is 4.79 Å². The molecule has 0 fully saturated rings. The molecule has 8 nitrogen and oxygen atoms in total. The van der Waals surface area contributed by atoms with E-state index in [1.165, 1.54) is 12.1 Å². The van der Waals surface area contributed by atoms with Crippen molar-refractivity contribution >= 4 is 23.3 Å². The third-order valence-corrected chi connectivity index (χ3v) is 3.90. The van der Waals surface area contributed by atoms with Crippen LogP contribution in [0.15, 0.2) is 48.5 Å². The summed E-state index contributed by atoms with van der Waals surface area (Å²) in [7, 11) is 3.33. The van der Waals surface area contributed by atoms with Gasteiger partial charge in [-0.3, -0.25) is 14.9 Å². The minimum Gasteiger partial charge on any atom is -0.452 e. The minimum atomic E-state index is -0.800. The van der Waals surface area contributed by atoms with Crippen molar-refractivity contribution in [3.05, 3.63) is 69.8 Å². The van der Waals surface area contributed by atoms with Gasteiger partial charge in [0.1, 0.15) is 5.69 Å². The van der Waals surface area contributed by atoms with Crippen LogP contribution < -0.4 is 10.2 Å². The predicted octanol–water partition coefficient (Wildman–Crippen LogP) is 2.70. The first-order valence-corrected chi connectivity index (χ1v) is 8.26. The Morgan fingerprint density at radius 2 is 1.85 bits per heavy atom. The van der Waals surface area contributed by atoms with Gasteiger partial charge in [0.2, 0.25) is 0 Å². The van der Waals surface area contributed by atoms with E-state index in [-0.39, 0.29) is 17.3 Å². The van der Waals surface area contributed by atoms with E-state index in [1.54, 1.807) is 19.0 Å². The number of nitro groups is 1. The van der Waals surface area contributed by atoms with Gasteiger partial charge in [-0.2, -0.15) is 0 Å². The molecule has 8 heteroatoms. The highest BCUT2D eigenvalue weighted by Crippen LogP contribution is 2.27. The summed E-state index contributed by atoms with van der Waals surface area (Å²) in [5.74, 6) is -1.26. The second-order valence-corrected chi connectivity index (χ2v) is 6.13. The standard InChI is InChI=1S/C19H21N3O5/c1-13(14-7-5-4-6-8-14)20-18(23)12-27-19(24)15-9-10-16(21(2)3)17(11-15)22(25)26/h4-11,13H,12H2,1-3H3,(H,20,23)/t13-/m0/s1. The van der Waals surface area contributed by atoms with Crippen LogP contribution in [-0.2, 0) is 9.53 Å². The van der Waals surface area contributed by atoms with E-state index in [9.17, 15) is 19.7 Å². The number of benzene rings is 2. The lowest BCUT2D eigenvalue weighted by atomic mass is 10.1. The molecule has 1 N–H and O–H groups in total. The normalized spacial score (nSPS) is 11.4. The van der Waals surface area contributed by atoms with E-state index in [2.05, 4.69) is 5.32 Å². The maximum absolute atomic E-state index is 12.1. The van der Waals surface area contributed by atoms with Crippen LogP contribution in [0.3, 0.4) is 0 Å². The number of hydrogen-bond acceptors (Lipinski definition) is 6. The summed E-state index contributed by atoms with van der Waals surface area (Å²) in [6, 6.07) is 13.2. The fourth-order valence-corrected chi connectivity index (χ4v) is 2.50. The van der Waals surface area contributed by atoms with Gasteiger partial charge in [0.05, 0.1) is 16.5 Å². The lowest BCUT2D eigenvalue weighted by molar-refractivity contribution is -0.384. The van der Waals surface area contributed by atoms with E-state index in [0.717, 1.165) is 11.6 Å². The first kappa shape index (κ1) is 19.9. The largest absolute Gasteiger partial charge is 0.452 e. The molecule has 2 aromatic rings. The fourth-order valence-electron chi connectivity index (χ4n) is 2.50. The summed E-state index contributed by atoms with van der Waals surface area (Å²) >= 11 is 0. The van der Waals surface area contributed by atoms with Gasteiger partial charge >= 0.3 is 5.97 Å². The molecule has 1 atom stereocenters. The van der Waals surface area contributed by atoms with Crippen LogP contribution in [0, 0.1) is 10.1 Å². The molecule has 0 saturated heterocycles. The molecule has 0 saturated carbocycles. The van der Waals surface area contributed by atoms with Crippen molar-refractivity contribution in [3.63, 3.8) is 0 Å². The Morgan fingerprint density at radius 3 is 2.44 bits per heavy atom. The molecule has 2 rings (SSSR count). The van der Waals surface area contributed by atoms with Crippen molar-refractivity contribution in [1.82, 2.24) is 5.32 Å². The molecule has 0 bridgehead atoms. The van der Waals surface area contributed by atoms with Gasteiger partial charge in [-0.15, -0.1) is 0 Å². The van der Waals surface area contributed by atoms with Crippen LogP contribution in [0.1, 0.15) is 28.9 Å². The number of carbonyl (C=O) groups excluding carboxylic acids is 2. The molecule has 0 aromatic heterocycles. The number of amides is 1. The Kier molecular flexibility index (Phi) is 6.48. The second-order valence-electron chi connectivity index (χ2n) is 6.13. The van der Waals surface area contributed by atoms with Gasteiger partial charge in [0.25, 0.3) is 11.6 Å². The Morgan fingerprint density at radius 1 is 1.19 bits per heavy atom. The molecular weight excluding hydrogens is 350 g/mol. The quantitative estimate of drug-likeness (QED) is 0.456. The predicted molar refractivity (Wildman–Crippen MR) is 101 cm³/mol. The van der Waals surface area contributed by atoms with Crippen molar-refractivity contribution in [1.29, 1.82) is 0 Å². The van der Waals surface area contributed by atoms with Crippen LogP contribution in [0.2, 0.25) is 0 Å². The number of hydrogen-bond donors (Lipinski definition) is 1. The highest BCUT2D eigenvalue weighted by atomic mass is 16.6. The smallest absolute Gasteiger partial charge is 0.338 e. The number of nitro benzene ring substituents is 1. The van der Waals surface area contributed by atoms with Gasteiger partial charge in [0, 0.05) is 20.2 Å². The van der Waals surface area contributed by atoms with Crippen molar-refractivity contribution < 1.29 is 19.2 Å². The number of esters is 1. The number of rotatable bonds is 7. The summed E-state index contributed by atoms with van der Waals surface area (Å²) in [4.78, 5) is 36.3. The van der Waals surface area contributed by atoms with Crippen LogP contribution >= 0.6 is 0 Å². The number of ether oxygens (including phenoxy) is 1. The zero-order chi connectivity index (χ0) is 20.0. The molecule has 1 amide bonds. The molecule has 0 aliphatic rings. The summed E-state index contributed by atoms with van der Waals surface area (Å²) in [6.45, 7) is 1.34. The van der Waals surface area contributed by atoms with Gasteiger partial charge in [-0.05, 0) is 24.6 Å². The van der Waals surface area contributed by atoms with Crippen molar-refractivity contribution in [2.75, 3.05) is 25.6 Å². The third-order valence-electron chi connectivity index (χ3n) is 3.90. The van der Waals surface area contributed by atoms with E-state index >= 15 is 0 Å². The zero-order valence-electron chi connectivity index (χ0n) is 15.3. The average molecular weight is 371 g/mol. The Bertz CT molecular complexity index is 836. The van der Waals surface area contributed by atoms with Gasteiger partial charge in [-0.1, -0.05) is 30.3 Å². The van der Waals surface area contributed by atoms with Crippen molar-refractivity contribution in [2.24, 2.45) is 0 Å². The average Bonchev–Trinajstić information content (AvgIpc) is 2.66. The molecule has 0 aliphatic heterocycles. The summed E-state index contributed by atoms with van der Waals surface area (Å²) in [5, 5.41) is 13.9. The SMILES string of the molecule is C[C@H](NC(=O)COC(=O)c1ccc(N(C)C)c([N+](=O)[O-])c1)c1ccccc1. The molecule has 142 valence electrons. The highest BCUT2D eigenvalue weighted by Gasteiger charge is 2.20. The lowest BCUT2D eigenvalue weighted by Crippen LogP contribution is -2.31. The molecule has 0 radical (unpaired) electrons. The Hall–Kier alpha value is -3.42. The minimum absolute atomic E-state index is 0.0104. The summed E-state index contributed by atoms with van der Waals surface area (Å²) in [5.41, 5.74) is 1.09. The van der Waals surface area contributed by atoms with E-state index in [4.69, 9.17) is 4.74 Å². The fraction of sp³-hybridized carbons (Fsp3) is 0.263. The van der Waals surface area contributed by atoms with E-state index in [1.807, 2.05) is 37.3 Å². The molecule has 0 heterocycles. The van der Waals surface area contributed by atoms with Crippen molar-refractivity contribution in [2.45, 2.75) is 13.0 Å². The third kappa shape index (κ3) is 5.27. The number of nitrogens with one attached hydrogen (secondary N) is 1. The number of anilines is 1. The molecule has 0 aliphatic carbocycles. The van der Waals surface area contributed by atoms with Crippen LogP contribution in [0.5, 0.6) is 0 Å². The second kappa shape index (κ2) is 8.79. The zero-order valence-corrected chi connectivity index (χ0v) is 15.3. The topological polar surface area (TPSA) is 102 Å². The summed E-state index contributed by atoms with van der Waals surface area (Å²) < 4.78 is 4.97. The maximum Gasteiger partial charge on any atom is 0.338 e. The molecule has 0 spiro atoms. The first-order valence-electron chi connectivity index (χ1n) is 8.26. The molecular formula is C19H21N3O5. The number of carbonyl (C=O) groups is 2. The highest BCUT2D eigenvalue weighted by molar-refractivity contribution is 5.93. The molecule has 2 aromatic carbocycles. The van der Waals surface area contributed by atoms with Crippen LogP contribution in [0.25, 0.3) is 0 Å². The van der Waals surface area contributed by atoms with Crippen molar-refractivity contribution in [3.8, 4) is 0 Å². The Labute approximate surface area is 156 Å². The van der Waals surface area contributed by atoms with E-state index in [0.29, 0.717) is 5.69 Å².